The van der Waals surface area contributed by atoms with Crippen molar-refractivity contribution < 1.29 is 34.1 Å². The van der Waals surface area contributed by atoms with E-state index in [1.165, 1.54) is 6.07 Å². The molecular formula is C23H21NO7. The third kappa shape index (κ3) is 5.80. The number of carboxylic acid groups (broad SMARTS) is 2. The van der Waals surface area contributed by atoms with Crippen LogP contribution in [0.15, 0.2) is 71.1 Å². The molecular weight excluding hydrogens is 402 g/mol. The van der Waals surface area contributed by atoms with Crippen molar-refractivity contribution in [2.24, 2.45) is 0 Å². The first-order chi connectivity index (χ1) is 14.8. The van der Waals surface area contributed by atoms with E-state index >= 15 is 0 Å². The van der Waals surface area contributed by atoms with E-state index in [0.29, 0.717) is 0 Å². The quantitative estimate of drug-likeness (QED) is 0.415. The summed E-state index contributed by atoms with van der Waals surface area (Å²) < 4.78 is 4.98. The highest BCUT2D eigenvalue weighted by molar-refractivity contribution is 5.93. The second-order valence-electron chi connectivity index (χ2n) is 7.00. The maximum absolute atomic E-state index is 12.4. The minimum atomic E-state index is -1.67. The molecule has 2 unspecified atom stereocenters. The fourth-order valence-electron chi connectivity index (χ4n) is 3.14. The van der Waals surface area contributed by atoms with Gasteiger partial charge < -0.3 is 25.1 Å². The SMILES string of the molecule is O=C(O)c1ccc(C(=O)NC(Cc2ccc(-c3ccccc3)cc2)CC(O)C(=O)O)o1. The van der Waals surface area contributed by atoms with Gasteiger partial charge in [-0.1, -0.05) is 54.6 Å². The number of carbonyl (C=O) groups is 3. The second-order valence-corrected chi connectivity index (χ2v) is 7.00. The Hall–Kier alpha value is -3.91. The topological polar surface area (TPSA) is 137 Å². The third-order valence-electron chi connectivity index (χ3n) is 4.71. The zero-order chi connectivity index (χ0) is 22.4. The third-order valence-corrected chi connectivity index (χ3v) is 4.71. The summed E-state index contributed by atoms with van der Waals surface area (Å²) in [7, 11) is 0. The molecule has 0 radical (unpaired) electrons. The van der Waals surface area contributed by atoms with Crippen LogP contribution < -0.4 is 5.32 Å². The maximum Gasteiger partial charge on any atom is 0.371 e. The van der Waals surface area contributed by atoms with Crippen molar-refractivity contribution in [2.45, 2.75) is 25.0 Å². The summed E-state index contributed by atoms with van der Waals surface area (Å²) in [5.41, 5.74) is 2.88. The lowest BCUT2D eigenvalue weighted by molar-refractivity contribution is -0.147. The molecule has 3 aromatic rings. The van der Waals surface area contributed by atoms with E-state index in [1.54, 1.807) is 0 Å². The monoisotopic (exact) mass is 423 g/mol. The van der Waals surface area contributed by atoms with Crippen molar-refractivity contribution in [3.05, 3.63) is 83.8 Å². The van der Waals surface area contributed by atoms with Gasteiger partial charge in [0.25, 0.3) is 5.91 Å². The van der Waals surface area contributed by atoms with Crippen LogP contribution in [0, 0.1) is 0 Å². The van der Waals surface area contributed by atoms with Crippen molar-refractivity contribution >= 4 is 17.8 Å². The number of aliphatic hydroxyl groups is 1. The Balaban J connectivity index is 1.74. The van der Waals surface area contributed by atoms with Crippen molar-refractivity contribution in [3.8, 4) is 11.1 Å². The van der Waals surface area contributed by atoms with E-state index < -0.39 is 30.0 Å². The number of furan rings is 1. The molecule has 2 atom stereocenters. The van der Waals surface area contributed by atoms with Crippen LogP contribution in [-0.2, 0) is 11.2 Å². The number of nitrogens with one attached hydrogen (secondary N) is 1. The Morgan fingerprint density at radius 3 is 2.03 bits per heavy atom. The van der Waals surface area contributed by atoms with Crippen LogP contribution >= 0.6 is 0 Å². The number of rotatable bonds is 9. The average molecular weight is 423 g/mol. The predicted octanol–water partition coefficient (Wildman–Crippen LogP) is 2.82. The second kappa shape index (κ2) is 9.73. The first-order valence-electron chi connectivity index (χ1n) is 9.52. The van der Waals surface area contributed by atoms with Crippen LogP contribution in [0.5, 0.6) is 0 Å². The van der Waals surface area contributed by atoms with E-state index in [2.05, 4.69) is 5.32 Å². The number of hydrogen-bond acceptors (Lipinski definition) is 5. The van der Waals surface area contributed by atoms with Crippen LogP contribution in [0.3, 0.4) is 0 Å². The van der Waals surface area contributed by atoms with Crippen molar-refractivity contribution in [1.82, 2.24) is 5.32 Å². The molecule has 3 rings (SSSR count). The molecule has 4 N–H and O–H groups in total. The molecule has 0 spiro atoms. The van der Waals surface area contributed by atoms with Gasteiger partial charge >= 0.3 is 11.9 Å². The minimum absolute atomic E-state index is 0.216. The number of hydrogen-bond donors (Lipinski definition) is 4. The Morgan fingerprint density at radius 1 is 0.839 bits per heavy atom. The molecule has 2 aromatic carbocycles. The minimum Gasteiger partial charge on any atom is -0.479 e. The molecule has 0 saturated carbocycles. The largest absolute Gasteiger partial charge is 0.479 e. The van der Waals surface area contributed by atoms with Gasteiger partial charge in [0.1, 0.15) is 0 Å². The van der Waals surface area contributed by atoms with Gasteiger partial charge in [-0.3, -0.25) is 4.79 Å². The van der Waals surface area contributed by atoms with Crippen LogP contribution in [0.25, 0.3) is 11.1 Å². The van der Waals surface area contributed by atoms with Gasteiger partial charge in [0, 0.05) is 12.5 Å². The summed E-state index contributed by atoms with van der Waals surface area (Å²) in [6, 6.07) is 19.0. The van der Waals surface area contributed by atoms with Gasteiger partial charge in [-0.2, -0.15) is 0 Å². The van der Waals surface area contributed by atoms with E-state index in [1.807, 2.05) is 54.6 Å². The molecule has 0 saturated heterocycles. The molecule has 0 fully saturated rings. The van der Waals surface area contributed by atoms with Gasteiger partial charge in [0.2, 0.25) is 5.76 Å². The highest BCUT2D eigenvalue weighted by Gasteiger charge is 2.24. The van der Waals surface area contributed by atoms with Crippen LogP contribution in [-0.4, -0.2) is 45.3 Å². The zero-order valence-corrected chi connectivity index (χ0v) is 16.4. The summed E-state index contributed by atoms with van der Waals surface area (Å²) in [6.45, 7) is 0. The van der Waals surface area contributed by atoms with Crippen molar-refractivity contribution in [2.75, 3.05) is 0 Å². The zero-order valence-electron chi connectivity index (χ0n) is 16.4. The molecule has 1 amide bonds. The standard InChI is InChI=1S/C23H21NO7/c25-18(22(27)28)13-17(24-21(26)19-10-11-20(31-19)23(29)30)12-14-6-8-16(9-7-14)15-4-2-1-3-5-15/h1-11,17-18,25H,12-13H2,(H,24,26)(H,27,28)(H,29,30). The van der Waals surface area contributed by atoms with Crippen molar-refractivity contribution in [3.63, 3.8) is 0 Å². The lowest BCUT2D eigenvalue weighted by atomic mass is 9.98. The maximum atomic E-state index is 12.4. The highest BCUT2D eigenvalue weighted by atomic mass is 16.4. The van der Waals surface area contributed by atoms with Crippen LogP contribution in [0.1, 0.15) is 33.1 Å². The molecule has 8 heteroatoms. The molecule has 1 aromatic heterocycles. The Labute approximate surface area is 177 Å². The Bertz CT molecular complexity index is 1060. The summed E-state index contributed by atoms with van der Waals surface area (Å²) in [4.78, 5) is 34.4. The smallest absolute Gasteiger partial charge is 0.371 e. The van der Waals surface area contributed by atoms with E-state index in [9.17, 15) is 19.5 Å². The van der Waals surface area contributed by atoms with Gasteiger partial charge in [0.05, 0.1) is 0 Å². The van der Waals surface area contributed by atoms with Gasteiger partial charge in [0.15, 0.2) is 11.9 Å². The van der Waals surface area contributed by atoms with E-state index in [-0.39, 0.29) is 24.4 Å². The number of aliphatic hydroxyl groups excluding tert-OH is 1. The number of aliphatic carboxylic acids is 1. The molecule has 0 aliphatic rings. The highest BCUT2D eigenvalue weighted by Crippen LogP contribution is 2.20. The average Bonchev–Trinajstić information content (AvgIpc) is 3.25. The van der Waals surface area contributed by atoms with E-state index in [0.717, 1.165) is 22.8 Å². The molecule has 0 bridgehead atoms. The summed E-state index contributed by atoms with van der Waals surface area (Å²) in [5, 5.41) is 30.3. The molecule has 160 valence electrons. The number of benzene rings is 2. The van der Waals surface area contributed by atoms with Crippen LogP contribution in [0.2, 0.25) is 0 Å². The van der Waals surface area contributed by atoms with Gasteiger partial charge in [-0.15, -0.1) is 0 Å². The van der Waals surface area contributed by atoms with Gasteiger partial charge in [-0.25, -0.2) is 9.59 Å². The Morgan fingerprint density at radius 2 is 1.45 bits per heavy atom. The number of aromatic carboxylic acids is 1. The number of carboxylic acids is 2. The fraction of sp³-hybridized carbons (Fsp3) is 0.174. The molecule has 31 heavy (non-hydrogen) atoms. The van der Waals surface area contributed by atoms with E-state index in [4.69, 9.17) is 14.6 Å². The molecule has 0 aliphatic heterocycles. The fourth-order valence-corrected chi connectivity index (χ4v) is 3.14. The van der Waals surface area contributed by atoms with Gasteiger partial charge in [-0.05, 0) is 35.2 Å². The number of carbonyl (C=O) groups excluding carboxylic acids is 1. The summed E-state index contributed by atoms with van der Waals surface area (Å²) in [6.07, 6.45) is -1.63. The lowest BCUT2D eigenvalue weighted by Crippen LogP contribution is -2.40. The lowest BCUT2D eigenvalue weighted by Gasteiger charge is -2.20. The molecule has 8 nitrogen and oxygen atoms in total. The summed E-state index contributed by atoms with van der Waals surface area (Å²) >= 11 is 0. The predicted molar refractivity (Wildman–Crippen MR) is 111 cm³/mol. The normalized spacial score (nSPS) is 12.7. The first-order valence-corrected chi connectivity index (χ1v) is 9.52. The first kappa shape index (κ1) is 21.8. The van der Waals surface area contributed by atoms with Crippen molar-refractivity contribution in [1.29, 1.82) is 0 Å². The Kier molecular flexibility index (Phi) is 6.84. The molecule has 0 aliphatic carbocycles. The van der Waals surface area contributed by atoms with Crippen LogP contribution in [0.4, 0.5) is 0 Å². The summed E-state index contributed by atoms with van der Waals surface area (Å²) in [5.74, 6) is -4.01. The number of amides is 1. The molecule has 1 heterocycles.